The largest absolute Gasteiger partial charge is 0.502 e. The Morgan fingerprint density at radius 2 is 1.58 bits per heavy atom. The maximum atomic E-state index is 12.7. The Bertz CT molecular complexity index is 1320. The number of hydrogen-bond acceptors (Lipinski definition) is 18. The minimum atomic E-state index is -2.14. The van der Waals surface area contributed by atoms with E-state index in [1.54, 1.807) is 13.8 Å². The van der Waals surface area contributed by atoms with Gasteiger partial charge in [-0.25, -0.2) is 4.79 Å². The van der Waals surface area contributed by atoms with Crippen molar-refractivity contribution in [2.24, 2.45) is 5.41 Å². The quantitative estimate of drug-likeness (QED) is 0.0601. The summed E-state index contributed by atoms with van der Waals surface area (Å²) in [7, 11) is 2.53. The Hall–Kier alpha value is -2.69. The molecule has 0 aromatic heterocycles. The van der Waals surface area contributed by atoms with Crippen molar-refractivity contribution in [1.82, 2.24) is 0 Å². The predicted octanol–water partition coefficient (Wildman–Crippen LogP) is -2.61. The van der Waals surface area contributed by atoms with Gasteiger partial charge in [-0.1, -0.05) is 13.8 Å². The van der Waals surface area contributed by atoms with Gasteiger partial charge in [0.25, 0.3) is 0 Å². The number of carbonyl (C=O) groups excluding carboxylic acids is 1. The van der Waals surface area contributed by atoms with Crippen LogP contribution in [-0.2, 0) is 23.7 Å². The van der Waals surface area contributed by atoms with Gasteiger partial charge < -0.3 is 84.2 Å². The SMILES string of the molecule is COc1cc(C(=O)OCC2(O)COC(OCC3OC(OC(O)C=CC4(O)C(C)(C)CC(O)CC4(C)O)C(O)C(O)C3O)C2O)cc(OC)c1O. The molecule has 0 radical (unpaired) electrons. The van der Waals surface area contributed by atoms with E-state index in [-0.39, 0.29) is 35.7 Å². The highest BCUT2D eigenvalue weighted by Gasteiger charge is 2.59. The molecule has 18 nitrogen and oxygen atoms in total. The lowest BCUT2D eigenvalue weighted by atomic mass is 9.57. The van der Waals surface area contributed by atoms with E-state index in [2.05, 4.69) is 0 Å². The van der Waals surface area contributed by atoms with Gasteiger partial charge in [-0.05, 0) is 37.6 Å². The molecule has 0 bridgehead atoms. The monoisotopic (exact) mass is 720 g/mol. The van der Waals surface area contributed by atoms with Crippen LogP contribution in [0.2, 0.25) is 0 Å². The summed E-state index contributed by atoms with van der Waals surface area (Å²) in [4.78, 5) is 12.7. The molecule has 2 heterocycles. The summed E-state index contributed by atoms with van der Waals surface area (Å²) in [5.74, 6) is -1.45. The predicted molar refractivity (Wildman–Crippen MR) is 166 cm³/mol. The zero-order valence-electron chi connectivity index (χ0n) is 28.3. The molecule has 0 spiro atoms. The fraction of sp³-hybridized carbons (Fsp3) is 0.719. The van der Waals surface area contributed by atoms with Crippen molar-refractivity contribution in [2.75, 3.05) is 34.0 Å². The molecule has 50 heavy (non-hydrogen) atoms. The highest BCUT2D eigenvalue weighted by atomic mass is 16.8. The standard InChI is InChI=1S/C32H48O18/c1-29(2)10-16(33)11-30(3,41)32(29,43)7-6-20(34)50-27-24(38)23(37)22(36)19(49-27)12-46-28-25(39)31(42,14-48-28)13-47-26(40)15-8-17(44-4)21(35)18(9-15)45-5/h6-9,16,19-20,22-25,27-28,33-39,41-43H,10-14H2,1-5H3. The van der Waals surface area contributed by atoms with E-state index in [1.807, 2.05) is 0 Å². The van der Waals surface area contributed by atoms with Crippen molar-refractivity contribution in [2.45, 2.75) is 106 Å². The van der Waals surface area contributed by atoms with Crippen LogP contribution in [0.4, 0.5) is 0 Å². The van der Waals surface area contributed by atoms with Crippen molar-refractivity contribution < 1.29 is 89.0 Å². The van der Waals surface area contributed by atoms with Gasteiger partial charge in [-0.3, -0.25) is 0 Å². The average Bonchev–Trinajstić information content (AvgIpc) is 3.33. The van der Waals surface area contributed by atoms with Crippen LogP contribution in [0.5, 0.6) is 17.2 Å². The van der Waals surface area contributed by atoms with Crippen molar-refractivity contribution >= 4 is 5.97 Å². The number of aromatic hydroxyl groups is 1. The second-order valence-corrected chi connectivity index (χ2v) is 13.8. The van der Waals surface area contributed by atoms with Crippen molar-refractivity contribution in [3.05, 3.63) is 29.8 Å². The summed E-state index contributed by atoms with van der Waals surface area (Å²) in [5, 5.41) is 106. The van der Waals surface area contributed by atoms with Gasteiger partial charge in [0.05, 0.1) is 44.7 Å². The third kappa shape index (κ3) is 7.87. The molecule has 3 fully saturated rings. The molecule has 3 aliphatic rings. The lowest BCUT2D eigenvalue weighted by Gasteiger charge is -2.54. The molecule has 18 heteroatoms. The first-order valence-electron chi connectivity index (χ1n) is 15.8. The summed E-state index contributed by atoms with van der Waals surface area (Å²) in [5.41, 5.74) is -6.98. The summed E-state index contributed by atoms with van der Waals surface area (Å²) in [6, 6.07) is 2.37. The Morgan fingerprint density at radius 3 is 2.16 bits per heavy atom. The van der Waals surface area contributed by atoms with E-state index < -0.39 is 104 Å². The number of rotatable bonds is 12. The molecular weight excluding hydrogens is 672 g/mol. The topological polar surface area (TPSA) is 284 Å². The van der Waals surface area contributed by atoms with Crippen LogP contribution >= 0.6 is 0 Å². The summed E-state index contributed by atoms with van der Waals surface area (Å²) in [6.45, 7) is 2.70. The molecule has 12 unspecified atom stereocenters. The lowest BCUT2D eigenvalue weighted by molar-refractivity contribution is -0.330. The van der Waals surface area contributed by atoms with Crippen LogP contribution in [0.3, 0.4) is 0 Å². The molecule has 2 aliphatic heterocycles. The molecule has 1 aliphatic carbocycles. The number of benzene rings is 1. The van der Waals surface area contributed by atoms with Gasteiger partial charge in [-0.15, -0.1) is 0 Å². The number of phenols is 1. The molecule has 1 aromatic rings. The number of phenolic OH excluding ortho intramolecular Hbond substituents is 1. The van der Waals surface area contributed by atoms with E-state index in [0.717, 1.165) is 12.2 Å². The summed E-state index contributed by atoms with van der Waals surface area (Å²) >= 11 is 0. The van der Waals surface area contributed by atoms with Crippen LogP contribution < -0.4 is 9.47 Å². The van der Waals surface area contributed by atoms with Crippen molar-refractivity contribution in [3.8, 4) is 17.2 Å². The first kappa shape index (κ1) is 40.1. The highest BCUT2D eigenvalue weighted by Crippen LogP contribution is 2.50. The lowest BCUT2D eigenvalue weighted by Crippen LogP contribution is -2.65. The third-order valence-corrected chi connectivity index (χ3v) is 9.58. The number of aliphatic hydroxyl groups excluding tert-OH is 6. The molecule has 4 rings (SSSR count). The Labute approximate surface area is 287 Å². The number of esters is 1. The van der Waals surface area contributed by atoms with Gasteiger partial charge in [0.2, 0.25) is 5.75 Å². The van der Waals surface area contributed by atoms with Crippen molar-refractivity contribution in [1.29, 1.82) is 0 Å². The first-order valence-corrected chi connectivity index (χ1v) is 15.8. The van der Waals surface area contributed by atoms with E-state index in [9.17, 15) is 55.9 Å². The minimum absolute atomic E-state index is 0.0751. The van der Waals surface area contributed by atoms with E-state index >= 15 is 0 Å². The molecule has 284 valence electrons. The molecule has 0 amide bonds. The number of ether oxygens (including phenoxy) is 7. The number of carbonyl (C=O) groups is 1. The molecule has 1 saturated carbocycles. The van der Waals surface area contributed by atoms with Gasteiger partial charge in [0.15, 0.2) is 36.0 Å². The maximum absolute atomic E-state index is 12.7. The van der Waals surface area contributed by atoms with Crippen LogP contribution in [-0.4, -0.2) is 163 Å². The van der Waals surface area contributed by atoms with Crippen molar-refractivity contribution in [3.63, 3.8) is 0 Å². The Morgan fingerprint density at radius 1 is 0.960 bits per heavy atom. The summed E-state index contributed by atoms with van der Waals surface area (Å²) < 4.78 is 36.9. The fourth-order valence-corrected chi connectivity index (χ4v) is 6.53. The van der Waals surface area contributed by atoms with Crippen LogP contribution in [0, 0.1) is 5.41 Å². The zero-order valence-corrected chi connectivity index (χ0v) is 28.3. The number of hydrogen-bond donors (Lipinski definition) is 10. The van der Waals surface area contributed by atoms with Gasteiger partial charge in [0, 0.05) is 11.8 Å². The normalized spacial score (nSPS) is 39.3. The molecular formula is C32H48O18. The Balaban J connectivity index is 1.34. The smallest absolute Gasteiger partial charge is 0.338 e. The van der Waals surface area contributed by atoms with Crippen LogP contribution in [0.15, 0.2) is 24.3 Å². The molecule has 2 saturated heterocycles. The second-order valence-electron chi connectivity index (χ2n) is 13.8. The summed E-state index contributed by atoms with van der Waals surface area (Å²) in [6.07, 6.45) is -12.6. The average molecular weight is 721 g/mol. The Kier molecular flexibility index (Phi) is 12.1. The minimum Gasteiger partial charge on any atom is -0.502 e. The van der Waals surface area contributed by atoms with Gasteiger partial charge >= 0.3 is 5.97 Å². The maximum Gasteiger partial charge on any atom is 0.338 e. The molecule has 12 atom stereocenters. The van der Waals surface area contributed by atoms with Gasteiger partial charge in [0.1, 0.15) is 42.7 Å². The zero-order chi connectivity index (χ0) is 37.4. The van der Waals surface area contributed by atoms with Crippen LogP contribution in [0.1, 0.15) is 44.0 Å². The van der Waals surface area contributed by atoms with E-state index in [4.69, 9.17) is 33.2 Å². The highest BCUT2D eigenvalue weighted by molar-refractivity contribution is 5.91. The number of methoxy groups -OCH3 is 2. The first-order chi connectivity index (χ1) is 23.2. The molecule has 1 aromatic carbocycles. The number of aliphatic hydroxyl groups is 9. The fourth-order valence-electron chi connectivity index (χ4n) is 6.53. The molecule has 10 N–H and O–H groups in total. The van der Waals surface area contributed by atoms with Crippen LogP contribution in [0.25, 0.3) is 0 Å². The second kappa shape index (κ2) is 15.1. The van der Waals surface area contributed by atoms with E-state index in [0.29, 0.717) is 0 Å². The van der Waals surface area contributed by atoms with Gasteiger partial charge in [-0.2, -0.15) is 0 Å². The third-order valence-electron chi connectivity index (χ3n) is 9.58. The van der Waals surface area contributed by atoms with E-state index in [1.165, 1.54) is 33.3 Å².